The van der Waals surface area contributed by atoms with Crippen LogP contribution in [0.1, 0.15) is 41.1 Å². The highest BCUT2D eigenvalue weighted by atomic mass is 16.5. The summed E-state index contributed by atoms with van der Waals surface area (Å²) in [6.07, 6.45) is 3.08. The van der Waals surface area contributed by atoms with Crippen LogP contribution in [0.5, 0.6) is 0 Å². The molecule has 0 saturated carbocycles. The minimum absolute atomic E-state index is 0.00490. The van der Waals surface area contributed by atoms with Crippen LogP contribution in [0.4, 0.5) is 5.69 Å². The normalized spacial score (nSPS) is 15.2. The van der Waals surface area contributed by atoms with Gasteiger partial charge >= 0.3 is 5.97 Å². The zero-order chi connectivity index (χ0) is 17.5. The smallest absolute Gasteiger partial charge is 0.338 e. The molecule has 0 radical (unpaired) electrons. The van der Waals surface area contributed by atoms with E-state index in [1.54, 1.807) is 12.1 Å². The van der Waals surface area contributed by atoms with E-state index in [1.165, 1.54) is 18.5 Å². The van der Waals surface area contributed by atoms with E-state index in [4.69, 9.17) is 4.74 Å². The van der Waals surface area contributed by atoms with Gasteiger partial charge in [0.15, 0.2) is 0 Å². The molecule has 1 aliphatic heterocycles. The molecule has 1 N–H and O–H groups in total. The van der Waals surface area contributed by atoms with Crippen molar-refractivity contribution in [2.24, 2.45) is 0 Å². The molecule has 1 fully saturated rings. The Kier molecular flexibility index (Phi) is 6.07. The predicted molar refractivity (Wildman–Crippen MR) is 99.1 cm³/mol. The molecule has 2 aromatic rings. The summed E-state index contributed by atoms with van der Waals surface area (Å²) in [5.41, 5.74) is 2.89. The van der Waals surface area contributed by atoms with Crippen molar-refractivity contribution in [1.29, 1.82) is 0 Å². The number of hydrogen-bond acceptors (Lipinski definition) is 4. The average molecular weight is 339 g/mol. The van der Waals surface area contributed by atoms with E-state index in [2.05, 4.69) is 29.2 Å². The first-order valence-corrected chi connectivity index (χ1v) is 8.96. The second kappa shape index (κ2) is 8.67. The molecule has 0 amide bonds. The number of rotatable bonds is 7. The van der Waals surface area contributed by atoms with Crippen LogP contribution in [0.3, 0.4) is 0 Å². The lowest BCUT2D eigenvalue weighted by Crippen LogP contribution is -2.18. The van der Waals surface area contributed by atoms with E-state index in [0.717, 1.165) is 18.7 Å². The Morgan fingerprint density at radius 1 is 1.04 bits per heavy atom. The van der Waals surface area contributed by atoms with Crippen molar-refractivity contribution in [3.05, 3.63) is 65.7 Å². The Morgan fingerprint density at radius 2 is 1.72 bits per heavy atom. The molecule has 1 saturated heterocycles. The first-order valence-electron chi connectivity index (χ1n) is 8.96. The largest absolute Gasteiger partial charge is 0.461 e. The summed E-state index contributed by atoms with van der Waals surface area (Å²) in [5.74, 6) is -0.317. The van der Waals surface area contributed by atoms with Gasteiger partial charge in [0.25, 0.3) is 0 Å². The van der Waals surface area contributed by atoms with Crippen molar-refractivity contribution in [3.8, 4) is 0 Å². The Hall–Kier alpha value is -2.33. The topological polar surface area (TPSA) is 49.8 Å². The number of nitrogens with zero attached hydrogens (tertiary/aromatic N) is 1. The summed E-state index contributed by atoms with van der Waals surface area (Å²) in [6.45, 7) is 2.58. The third kappa shape index (κ3) is 4.60. The maximum atomic E-state index is 12.1. The van der Waals surface area contributed by atoms with E-state index in [-0.39, 0.29) is 25.1 Å². The van der Waals surface area contributed by atoms with Gasteiger partial charge in [-0.05, 0) is 49.1 Å². The highest BCUT2D eigenvalue weighted by Crippen LogP contribution is 2.25. The molecule has 0 aliphatic carbocycles. The fourth-order valence-corrected chi connectivity index (χ4v) is 3.27. The third-order valence-corrected chi connectivity index (χ3v) is 4.74. The molecule has 0 unspecified atom stereocenters. The van der Waals surface area contributed by atoms with Crippen molar-refractivity contribution in [3.63, 3.8) is 0 Å². The van der Waals surface area contributed by atoms with Crippen LogP contribution >= 0.6 is 0 Å². The molecule has 4 nitrogen and oxygen atoms in total. The predicted octanol–water partition coefficient (Wildman–Crippen LogP) is 3.61. The molecule has 3 rings (SSSR count). The fourth-order valence-electron chi connectivity index (χ4n) is 3.27. The molecule has 1 aliphatic rings. The Balaban J connectivity index is 1.63. The average Bonchev–Trinajstić information content (AvgIpc) is 3.20. The number of benzene rings is 2. The second-order valence-corrected chi connectivity index (χ2v) is 6.46. The molecule has 4 heteroatoms. The molecule has 0 aromatic heterocycles. The summed E-state index contributed by atoms with van der Waals surface area (Å²) in [5, 5.41) is 9.36. The van der Waals surface area contributed by atoms with Crippen LogP contribution in [-0.4, -0.2) is 37.4 Å². The zero-order valence-electron chi connectivity index (χ0n) is 14.4. The molecule has 0 spiro atoms. The molecule has 25 heavy (non-hydrogen) atoms. The van der Waals surface area contributed by atoms with Crippen LogP contribution in [0.2, 0.25) is 0 Å². The Labute approximate surface area is 149 Å². The third-order valence-electron chi connectivity index (χ3n) is 4.74. The van der Waals surface area contributed by atoms with Gasteiger partial charge in [0, 0.05) is 31.3 Å². The molecule has 2 aromatic carbocycles. The molecular formula is C21H25NO3. The highest BCUT2D eigenvalue weighted by Gasteiger charge is 2.17. The zero-order valence-corrected chi connectivity index (χ0v) is 14.4. The first-order chi connectivity index (χ1) is 12.3. The second-order valence-electron chi connectivity index (χ2n) is 6.46. The SMILES string of the molecule is O=C(OC[C@@H](CCO)c1ccc(N2CCCC2)cc1)c1ccccc1. The minimum atomic E-state index is -0.322. The monoisotopic (exact) mass is 339 g/mol. The van der Waals surface area contributed by atoms with Crippen LogP contribution < -0.4 is 4.90 Å². The van der Waals surface area contributed by atoms with Gasteiger partial charge in [-0.15, -0.1) is 0 Å². The number of aliphatic hydroxyl groups is 1. The first kappa shape index (κ1) is 17.5. The van der Waals surface area contributed by atoms with E-state index < -0.39 is 0 Å². The summed E-state index contributed by atoms with van der Waals surface area (Å²) in [7, 11) is 0. The summed E-state index contributed by atoms with van der Waals surface area (Å²) < 4.78 is 5.47. The van der Waals surface area contributed by atoms with E-state index in [9.17, 15) is 9.90 Å². The van der Waals surface area contributed by atoms with Gasteiger partial charge in [-0.1, -0.05) is 30.3 Å². The number of carbonyl (C=O) groups excluding carboxylic acids is 1. The van der Waals surface area contributed by atoms with E-state index >= 15 is 0 Å². The number of ether oxygens (including phenoxy) is 1. The van der Waals surface area contributed by atoms with Gasteiger partial charge in [0.05, 0.1) is 12.2 Å². The van der Waals surface area contributed by atoms with E-state index in [0.29, 0.717) is 12.0 Å². The summed E-state index contributed by atoms with van der Waals surface area (Å²) in [4.78, 5) is 14.5. The highest BCUT2D eigenvalue weighted by molar-refractivity contribution is 5.89. The lowest BCUT2D eigenvalue weighted by atomic mass is 9.96. The van der Waals surface area contributed by atoms with Crippen LogP contribution in [0.15, 0.2) is 54.6 Å². The lowest BCUT2D eigenvalue weighted by Gasteiger charge is -2.20. The molecule has 0 bridgehead atoms. The van der Waals surface area contributed by atoms with Crippen molar-refractivity contribution < 1.29 is 14.6 Å². The van der Waals surface area contributed by atoms with Crippen LogP contribution in [0.25, 0.3) is 0 Å². The Morgan fingerprint density at radius 3 is 2.36 bits per heavy atom. The van der Waals surface area contributed by atoms with Crippen molar-refractivity contribution in [1.82, 2.24) is 0 Å². The number of aliphatic hydroxyl groups excluding tert-OH is 1. The van der Waals surface area contributed by atoms with E-state index in [1.807, 2.05) is 18.2 Å². The minimum Gasteiger partial charge on any atom is -0.461 e. The van der Waals surface area contributed by atoms with Gasteiger partial charge in [-0.25, -0.2) is 4.79 Å². The van der Waals surface area contributed by atoms with Gasteiger partial charge in [-0.3, -0.25) is 0 Å². The number of carbonyl (C=O) groups is 1. The maximum Gasteiger partial charge on any atom is 0.338 e. The van der Waals surface area contributed by atoms with Gasteiger partial charge in [-0.2, -0.15) is 0 Å². The number of anilines is 1. The standard InChI is InChI=1S/C21H25NO3/c23-15-12-19(16-25-21(24)18-6-2-1-3-7-18)17-8-10-20(11-9-17)22-13-4-5-14-22/h1-3,6-11,19,23H,4-5,12-16H2/t19-/m1/s1. The Bertz CT molecular complexity index is 663. The fraction of sp³-hybridized carbons (Fsp3) is 0.381. The summed E-state index contributed by atoms with van der Waals surface area (Å²) in [6, 6.07) is 17.4. The van der Waals surface area contributed by atoms with Crippen molar-refractivity contribution in [2.75, 3.05) is 31.2 Å². The van der Waals surface area contributed by atoms with Gasteiger partial charge < -0.3 is 14.7 Å². The molecule has 132 valence electrons. The number of hydrogen-bond donors (Lipinski definition) is 1. The molecular weight excluding hydrogens is 314 g/mol. The van der Waals surface area contributed by atoms with Crippen LogP contribution in [0, 0.1) is 0 Å². The van der Waals surface area contributed by atoms with Gasteiger partial charge in [0.1, 0.15) is 0 Å². The number of esters is 1. The van der Waals surface area contributed by atoms with Crippen molar-refractivity contribution in [2.45, 2.75) is 25.2 Å². The quantitative estimate of drug-likeness (QED) is 0.783. The lowest BCUT2D eigenvalue weighted by molar-refractivity contribution is 0.0467. The maximum absolute atomic E-state index is 12.1. The molecule has 1 heterocycles. The molecule has 1 atom stereocenters. The van der Waals surface area contributed by atoms with Gasteiger partial charge in [0.2, 0.25) is 0 Å². The summed E-state index contributed by atoms with van der Waals surface area (Å²) >= 11 is 0. The van der Waals surface area contributed by atoms with Crippen molar-refractivity contribution >= 4 is 11.7 Å². The van der Waals surface area contributed by atoms with Crippen LogP contribution in [-0.2, 0) is 4.74 Å².